The summed E-state index contributed by atoms with van der Waals surface area (Å²) in [7, 11) is 4.09. The zero-order valence-electron chi connectivity index (χ0n) is 18.0. The van der Waals surface area contributed by atoms with Gasteiger partial charge in [-0.1, -0.05) is 30.3 Å². The van der Waals surface area contributed by atoms with Crippen LogP contribution in [0.15, 0.2) is 54.7 Å². The van der Waals surface area contributed by atoms with E-state index in [1.165, 1.54) is 22.2 Å². The van der Waals surface area contributed by atoms with Crippen LogP contribution in [-0.4, -0.2) is 43.6 Å². The fourth-order valence-corrected chi connectivity index (χ4v) is 3.59. The van der Waals surface area contributed by atoms with E-state index in [0.717, 1.165) is 5.52 Å². The second-order valence-electron chi connectivity index (χ2n) is 8.12. The Morgan fingerprint density at radius 1 is 1.03 bits per heavy atom. The number of hydrogen-bond acceptors (Lipinski definition) is 3. The van der Waals surface area contributed by atoms with Gasteiger partial charge < -0.3 is 20.5 Å². The molecule has 3 rings (SSSR count). The predicted octanol–water partition coefficient (Wildman–Crippen LogP) is 3.87. The monoisotopic (exact) mass is 392 g/mol. The average molecular weight is 393 g/mol. The number of hydrogen-bond donors (Lipinski definition) is 3. The smallest absolute Gasteiger partial charge is 0.237 e. The lowest BCUT2D eigenvalue weighted by Crippen LogP contribution is -2.45. The van der Waals surface area contributed by atoms with Crippen LogP contribution < -0.4 is 15.5 Å². The summed E-state index contributed by atoms with van der Waals surface area (Å²) in [5.41, 5.74) is 4.76. The van der Waals surface area contributed by atoms with E-state index in [0.29, 0.717) is 6.54 Å². The van der Waals surface area contributed by atoms with Crippen molar-refractivity contribution in [1.82, 2.24) is 15.6 Å². The zero-order valence-corrected chi connectivity index (χ0v) is 18.0. The van der Waals surface area contributed by atoms with Crippen molar-refractivity contribution in [2.45, 2.75) is 38.8 Å². The van der Waals surface area contributed by atoms with E-state index in [9.17, 15) is 4.79 Å². The Kier molecular flexibility index (Phi) is 6.60. The lowest BCUT2D eigenvalue weighted by atomic mass is 9.90. The summed E-state index contributed by atoms with van der Waals surface area (Å²) in [5, 5.41) is 7.64. The van der Waals surface area contributed by atoms with Crippen molar-refractivity contribution >= 4 is 22.5 Å². The van der Waals surface area contributed by atoms with Gasteiger partial charge in [0.15, 0.2) is 0 Å². The summed E-state index contributed by atoms with van der Waals surface area (Å²) in [6.07, 6.45) is 2.09. The summed E-state index contributed by atoms with van der Waals surface area (Å²) in [5.74, 6) is 0.164. The number of H-pyrrole nitrogens is 1. The fourth-order valence-electron chi connectivity index (χ4n) is 3.59. The Bertz CT molecular complexity index is 943. The van der Waals surface area contributed by atoms with Gasteiger partial charge in [0.1, 0.15) is 0 Å². The summed E-state index contributed by atoms with van der Waals surface area (Å²) < 4.78 is 0. The molecule has 1 aromatic heterocycles. The minimum absolute atomic E-state index is 0.0284. The van der Waals surface area contributed by atoms with Gasteiger partial charge in [0, 0.05) is 55.4 Å². The molecule has 1 heterocycles. The number of nitrogens with one attached hydrogen (secondary N) is 3. The van der Waals surface area contributed by atoms with Crippen molar-refractivity contribution in [2.75, 3.05) is 25.5 Å². The highest BCUT2D eigenvalue weighted by molar-refractivity contribution is 5.84. The molecule has 0 radical (unpaired) electrons. The maximum absolute atomic E-state index is 12.3. The van der Waals surface area contributed by atoms with Gasteiger partial charge in [0.05, 0.1) is 6.04 Å². The first kappa shape index (κ1) is 20.9. The SMILES string of the molecule is CC(C)NC(=O)[C@@H](C)NC[C@H](c1ccc(N(C)C)cc1)c1c[nH]c2ccccc12. The molecule has 3 aromatic rings. The molecular weight excluding hydrogens is 360 g/mol. The Morgan fingerprint density at radius 2 is 1.72 bits per heavy atom. The molecule has 0 unspecified atom stereocenters. The number of carbonyl (C=O) groups excluding carboxylic acids is 1. The van der Waals surface area contributed by atoms with Crippen LogP contribution in [0, 0.1) is 0 Å². The van der Waals surface area contributed by atoms with E-state index in [-0.39, 0.29) is 23.9 Å². The third-order valence-electron chi connectivity index (χ3n) is 5.26. The molecule has 2 atom stereocenters. The third kappa shape index (κ3) is 4.98. The number of anilines is 1. The third-order valence-corrected chi connectivity index (χ3v) is 5.26. The molecule has 0 saturated carbocycles. The van der Waals surface area contributed by atoms with E-state index in [2.05, 4.69) is 69.2 Å². The van der Waals surface area contributed by atoms with Crippen LogP contribution in [0.25, 0.3) is 10.9 Å². The van der Waals surface area contributed by atoms with E-state index < -0.39 is 0 Å². The van der Waals surface area contributed by atoms with Crippen molar-refractivity contribution < 1.29 is 4.79 Å². The first-order chi connectivity index (χ1) is 13.9. The lowest BCUT2D eigenvalue weighted by molar-refractivity contribution is -0.123. The van der Waals surface area contributed by atoms with Crippen molar-refractivity contribution in [3.63, 3.8) is 0 Å². The van der Waals surface area contributed by atoms with Crippen molar-refractivity contribution in [3.8, 4) is 0 Å². The molecule has 0 saturated heterocycles. The molecule has 0 aliphatic heterocycles. The summed E-state index contributed by atoms with van der Waals surface area (Å²) in [4.78, 5) is 17.8. The number of fused-ring (bicyclic) bond motifs is 1. The highest BCUT2D eigenvalue weighted by atomic mass is 16.2. The molecule has 0 aliphatic rings. The van der Waals surface area contributed by atoms with Gasteiger partial charge in [-0.2, -0.15) is 0 Å². The van der Waals surface area contributed by atoms with Crippen LogP contribution in [0.2, 0.25) is 0 Å². The summed E-state index contributed by atoms with van der Waals surface area (Å²) in [6, 6.07) is 16.9. The second kappa shape index (κ2) is 9.14. The van der Waals surface area contributed by atoms with E-state index in [1.807, 2.05) is 40.9 Å². The van der Waals surface area contributed by atoms with Gasteiger partial charge in [-0.25, -0.2) is 0 Å². The topological polar surface area (TPSA) is 60.2 Å². The number of aromatic amines is 1. The van der Waals surface area contributed by atoms with Gasteiger partial charge in [-0.3, -0.25) is 4.79 Å². The number of nitrogens with zero attached hydrogens (tertiary/aromatic N) is 1. The van der Waals surface area contributed by atoms with Gasteiger partial charge in [-0.15, -0.1) is 0 Å². The molecular formula is C24H32N4O. The Balaban J connectivity index is 1.88. The molecule has 1 amide bonds. The maximum atomic E-state index is 12.3. The summed E-state index contributed by atoms with van der Waals surface area (Å²) in [6.45, 7) is 6.55. The zero-order chi connectivity index (χ0) is 21.0. The van der Waals surface area contributed by atoms with Crippen molar-refractivity contribution in [3.05, 3.63) is 65.9 Å². The quantitative estimate of drug-likeness (QED) is 0.545. The highest BCUT2D eigenvalue weighted by Crippen LogP contribution is 2.31. The molecule has 5 heteroatoms. The number of para-hydroxylation sites is 1. The Morgan fingerprint density at radius 3 is 2.38 bits per heavy atom. The van der Waals surface area contributed by atoms with E-state index in [4.69, 9.17) is 0 Å². The molecule has 0 bridgehead atoms. The fraction of sp³-hybridized carbons (Fsp3) is 0.375. The molecule has 154 valence electrons. The average Bonchev–Trinajstić information content (AvgIpc) is 3.12. The van der Waals surface area contributed by atoms with Crippen LogP contribution in [0.3, 0.4) is 0 Å². The van der Waals surface area contributed by atoms with E-state index >= 15 is 0 Å². The van der Waals surface area contributed by atoms with Crippen molar-refractivity contribution in [2.24, 2.45) is 0 Å². The number of benzene rings is 2. The standard InChI is InChI=1S/C24H32N4O/c1-16(2)27-24(29)17(3)25-14-21(18-10-12-19(13-11-18)28(4)5)22-15-26-23-9-7-6-8-20(22)23/h6-13,15-17,21,25-26H,14H2,1-5H3,(H,27,29)/t17-,21-/m1/s1. The predicted molar refractivity (Wildman–Crippen MR) is 122 cm³/mol. The number of amides is 1. The van der Waals surface area contributed by atoms with Gasteiger partial charge in [0.25, 0.3) is 0 Å². The van der Waals surface area contributed by atoms with Crippen LogP contribution in [0.5, 0.6) is 0 Å². The molecule has 3 N–H and O–H groups in total. The molecule has 2 aromatic carbocycles. The van der Waals surface area contributed by atoms with Gasteiger partial charge in [-0.05, 0) is 50.1 Å². The minimum Gasteiger partial charge on any atom is -0.378 e. The van der Waals surface area contributed by atoms with Crippen LogP contribution >= 0.6 is 0 Å². The second-order valence-corrected chi connectivity index (χ2v) is 8.12. The first-order valence-corrected chi connectivity index (χ1v) is 10.2. The molecule has 29 heavy (non-hydrogen) atoms. The van der Waals surface area contributed by atoms with Crippen LogP contribution in [0.1, 0.15) is 37.8 Å². The number of carbonyl (C=O) groups is 1. The molecule has 0 fully saturated rings. The molecule has 5 nitrogen and oxygen atoms in total. The Labute approximate surface area is 173 Å². The normalized spacial score (nSPS) is 13.4. The van der Waals surface area contributed by atoms with Crippen LogP contribution in [-0.2, 0) is 4.79 Å². The van der Waals surface area contributed by atoms with Gasteiger partial charge in [0.2, 0.25) is 5.91 Å². The number of rotatable bonds is 8. The molecule has 0 aliphatic carbocycles. The molecule has 0 spiro atoms. The lowest BCUT2D eigenvalue weighted by Gasteiger charge is -2.22. The Hall–Kier alpha value is -2.79. The van der Waals surface area contributed by atoms with E-state index in [1.54, 1.807) is 0 Å². The maximum Gasteiger partial charge on any atom is 0.237 e. The van der Waals surface area contributed by atoms with Crippen LogP contribution in [0.4, 0.5) is 5.69 Å². The van der Waals surface area contributed by atoms with Crippen molar-refractivity contribution in [1.29, 1.82) is 0 Å². The number of aromatic nitrogens is 1. The van der Waals surface area contributed by atoms with Gasteiger partial charge >= 0.3 is 0 Å². The summed E-state index contributed by atoms with van der Waals surface area (Å²) >= 11 is 0. The first-order valence-electron chi connectivity index (χ1n) is 10.2. The largest absolute Gasteiger partial charge is 0.378 e. The highest BCUT2D eigenvalue weighted by Gasteiger charge is 2.21. The minimum atomic E-state index is -0.258.